The number of hydrogen-bond acceptors (Lipinski definition) is 7. The lowest BCUT2D eigenvalue weighted by molar-refractivity contribution is 0.112. The number of aromatic nitrogens is 4. The van der Waals surface area contributed by atoms with Crippen molar-refractivity contribution in [3.8, 4) is 0 Å². The minimum atomic E-state index is 0.249. The number of nitrogens with zero attached hydrogens (tertiary/aromatic N) is 4. The van der Waals surface area contributed by atoms with Crippen LogP contribution in [0.4, 0.5) is 11.6 Å². The molecule has 2 unspecified atom stereocenters. The van der Waals surface area contributed by atoms with Gasteiger partial charge in [0.05, 0.1) is 6.20 Å². The smallest absolute Gasteiger partial charge is 0.163 e. The van der Waals surface area contributed by atoms with Crippen LogP contribution in [0, 0.1) is 5.92 Å². The summed E-state index contributed by atoms with van der Waals surface area (Å²) in [6.45, 7) is 0.249. The van der Waals surface area contributed by atoms with Crippen molar-refractivity contribution in [1.82, 2.24) is 19.6 Å². The van der Waals surface area contributed by atoms with Gasteiger partial charge in [-0.3, -0.25) is 9.78 Å². The molecule has 3 heterocycles. The quantitative estimate of drug-likeness (QED) is 0.504. The van der Waals surface area contributed by atoms with Crippen molar-refractivity contribution >= 4 is 23.6 Å². The van der Waals surface area contributed by atoms with Gasteiger partial charge in [0.1, 0.15) is 11.6 Å². The lowest BCUT2D eigenvalue weighted by Gasteiger charge is -2.31. The van der Waals surface area contributed by atoms with Crippen molar-refractivity contribution in [3.05, 3.63) is 47.9 Å². The molecule has 3 aromatic heterocycles. The van der Waals surface area contributed by atoms with Crippen LogP contribution in [0.15, 0.2) is 36.8 Å². The van der Waals surface area contributed by atoms with E-state index in [0.717, 1.165) is 36.4 Å². The fourth-order valence-corrected chi connectivity index (χ4v) is 4.49. The molecule has 0 bridgehead atoms. The topological polar surface area (TPSA) is 104 Å². The predicted octanol–water partition coefficient (Wildman–Crippen LogP) is 3.90. The Bertz CT molecular complexity index is 1020. The molecule has 2 aliphatic carbocycles. The van der Waals surface area contributed by atoms with Crippen LogP contribution in [0.5, 0.6) is 0 Å². The Hall–Kier alpha value is -3.00. The number of carbonyl (C=O) groups is 1. The zero-order valence-corrected chi connectivity index (χ0v) is 18.6. The number of fused-ring (bicyclic) bond motifs is 1. The summed E-state index contributed by atoms with van der Waals surface area (Å²) in [4.78, 5) is 18.6. The van der Waals surface area contributed by atoms with Crippen LogP contribution in [-0.4, -0.2) is 50.7 Å². The summed E-state index contributed by atoms with van der Waals surface area (Å²) in [6.07, 6.45) is 14.3. The maximum absolute atomic E-state index is 9.97. The van der Waals surface area contributed by atoms with Crippen molar-refractivity contribution in [3.63, 3.8) is 0 Å². The van der Waals surface area contributed by atoms with E-state index in [0.29, 0.717) is 23.4 Å². The van der Waals surface area contributed by atoms with E-state index < -0.39 is 0 Å². The second-order valence-electron chi connectivity index (χ2n) is 8.62. The van der Waals surface area contributed by atoms with Gasteiger partial charge in [-0.15, -0.1) is 0 Å². The maximum atomic E-state index is 9.97. The van der Waals surface area contributed by atoms with Crippen LogP contribution in [0.1, 0.15) is 66.8 Å². The Morgan fingerprint density at radius 3 is 2.66 bits per heavy atom. The summed E-state index contributed by atoms with van der Waals surface area (Å²) in [7, 11) is 1.92. The van der Waals surface area contributed by atoms with Crippen molar-refractivity contribution in [1.29, 1.82) is 0 Å². The molecule has 2 atom stereocenters. The van der Waals surface area contributed by atoms with E-state index in [4.69, 9.17) is 4.98 Å². The van der Waals surface area contributed by atoms with E-state index in [1.165, 1.54) is 43.9 Å². The molecule has 2 saturated carbocycles. The molecule has 0 aromatic carbocycles. The van der Waals surface area contributed by atoms with Gasteiger partial charge in [-0.2, -0.15) is 9.61 Å². The molecule has 0 saturated heterocycles. The monoisotopic (exact) mass is 436 g/mol. The van der Waals surface area contributed by atoms with Crippen molar-refractivity contribution in [2.45, 2.75) is 56.9 Å². The van der Waals surface area contributed by atoms with E-state index in [1.54, 1.807) is 18.3 Å². The number of nitrogens with one attached hydrogen (secondary N) is 2. The lowest BCUT2D eigenvalue weighted by Crippen LogP contribution is -2.34. The molecule has 2 fully saturated rings. The second kappa shape index (κ2) is 10.5. The van der Waals surface area contributed by atoms with Gasteiger partial charge in [0, 0.05) is 55.2 Å². The van der Waals surface area contributed by atoms with Gasteiger partial charge in [-0.25, -0.2) is 4.98 Å². The minimum absolute atomic E-state index is 0.249. The number of anilines is 2. The van der Waals surface area contributed by atoms with E-state index >= 15 is 0 Å². The molecule has 2 aliphatic rings. The molecule has 0 aliphatic heterocycles. The Morgan fingerprint density at radius 1 is 1.19 bits per heavy atom. The van der Waals surface area contributed by atoms with E-state index in [1.807, 2.05) is 23.8 Å². The van der Waals surface area contributed by atoms with E-state index in [9.17, 15) is 9.90 Å². The zero-order valence-electron chi connectivity index (χ0n) is 18.6. The number of aldehydes is 1. The van der Waals surface area contributed by atoms with Crippen LogP contribution in [-0.2, 0) is 0 Å². The molecular weight excluding hydrogens is 404 g/mol. The Kier molecular flexibility index (Phi) is 7.32. The molecule has 5 rings (SSSR count). The third-order valence-electron chi connectivity index (χ3n) is 6.60. The number of hydrogen-bond donors (Lipinski definition) is 3. The highest BCUT2D eigenvalue weighted by Crippen LogP contribution is 2.38. The van der Waals surface area contributed by atoms with Gasteiger partial charge in [0.2, 0.25) is 0 Å². The fourth-order valence-electron chi connectivity index (χ4n) is 4.49. The van der Waals surface area contributed by atoms with Gasteiger partial charge in [-0.1, -0.05) is 19.3 Å². The molecule has 3 N–H and O–H groups in total. The standard InChI is InChI=1S/C18H27N5O.C6H5NO/c1-19-17-9-16(21-15-8-3-2-5-13(15)11-24)22-18-14(10-20-23(17)18)12-6-4-7-12;8-5-6-2-1-3-7-4-6/h9-10,12-13,15,19,24H,2-8,11H2,1H3,(H,21,22);1-5H. The first-order valence-electron chi connectivity index (χ1n) is 11.5. The highest BCUT2D eigenvalue weighted by molar-refractivity contribution is 5.73. The first-order valence-corrected chi connectivity index (χ1v) is 11.5. The summed E-state index contributed by atoms with van der Waals surface area (Å²) in [5, 5.41) is 21.0. The molecular formula is C24H32N6O2. The van der Waals surface area contributed by atoms with Crippen molar-refractivity contribution in [2.75, 3.05) is 24.3 Å². The normalized spacial score (nSPS) is 20.7. The third kappa shape index (κ3) is 4.91. The molecule has 3 aromatic rings. The highest BCUT2D eigenvalue weighted by Gasteiger charge is 2.27. The number of aliphatic hydroxyl groups excluding tert-OH is 1. The first-order chi connectivity index (χ1) is 15.7. The summed E-state index contributed by atoms with van der Waals surface area (Å²) in [6, 6.07) is 5.76. The minimum Gasteiger partial charge on any atom is -0.396 e. The fraction of sp³-hybridized carbons (Fsp3) is 0.500. The summed E-state index contributed by atoms with van der Waals surface area (Å²) in [5.41, 5.74) is 2.85. The van der Waals surface area contributed by atoms with Crippen LogP contribution in [0.2, 0.25) is 0 Å². The summed E-state index contributed by atoms with van der Waals surface area (Å²) >= 11 is 0. The number of aliphatic hydroxyl groups is 1. The van der Waals surface area contributed by atoms with Gasteiger partial charge in [-0.05, 0) is 43.7 Å². The first kappa shape index (κ1) is 22.2. The molecule has 8 nitrogen and oxygen atoms in total. The van der Waals surface area contributed by atoms with Gasteiger partial charge < -0.3 is 15.7 Å². The largest absolute Gasteiger partial charge is 0.396 e. The molecule has 170 valence electrons. The number of carbonyl (C=O) groups excluding carboxylic acids is 1. The maximum Gasteiger partial charge on any atom is 0.163 e. The van der Waals surface area contributed by atoms with Crippen LogP contribution in [0.25, 0.3) is 5.65 Å². The average molecular weight is 437 g/mol. The van der Waals surface area contributed by atoms with Gasteiger partial charge >= 0.3 is 0 Å². The Balaban J connectivity index is 0.000000260. The molecule has 0 amide bonds. The Morgan fingerprint density at radius 2 is 2.03 bits per heavy atom. The van der Waals surface area contributed by atoms with Crippen molar-refractivity contribution in [2.24, 2.45) is 5.92 Å². The molecule has 0 radical (unpaired) electrons. The zero-order chi connectivity index (χ0) is 22.3. The highest BCUT2D eigenvalue weighted by atomic mass is 16.3. The van der Waals surface area contributed by atoms with Crippen molar-refractivity contribution < 1.29 is 9.90 Å². The summed E-state index contributed by atoms with van der Waals surface area (Å²) < 4.78 is 1.91. The second-order valence-corrected chi connectivity index (χ2v) is 8.62. The lowest BCUT2D eigenvalue weighted by atomic mass is 9.81. The average Bonchev–Trinajstić information content (AvgIpc) is 3.22. The van der Waals surface area contributed by atoms with Gasteiger partial charge in [0.25, 0.3) is 0 Å². The van der Waals surface area contributed by atoms with Crippen LogP contribution in [0.3, 0.4) is 0 Å². The molecule has 8 heteroatoms. The van der Waals surface area contributed by atoms with Crippen LogP contribution >= 0.6 is 0 Å². The SMILES string of the molecule is CNc1cc(NC2CCCCC2CO)nc2c(C3CCC3)cnn12.O=Cc1cccnc1. The van der Waals surface area contributed by atoms with Crippen LogP contribution < -0.4 is 10.6 Å². The van der Waals surface area contributed by atoms with Gasteiger partial charge in [0.15, 0.2) is 11.9 Å². The van der Waals surface area contributed by atoms with E-state index in [-0.39, 0.29) is 6.61 Å². The Labute approximate surface area is 188 Å². The predicted molar refractivity (Wildman–Crippen MR) is 125 cm³/mol. The molecule has 32 heavy (non-hydrogen) atoms. The summed E-state index contributed by atoms with van der Waals surface area (Å²) in [5.74, 6) is 2.77. The van der Waals surface area contributed by atoms with E-state index in [2.05, 4.69) is 20.7 Å². The number of rotatable bonds is 6. The molecule has 0 spiro atoms. The third-order valence-corrected chi connectivity index (χ3v) is 6.60. The number of pyridine rings is 1.